The van der Waals surface area contributed by atoms with Gasteiger partial charge < -0.3 is 14.4 Å². The average molecular weight is 540 g/mol. The third kappa shape index (κ3) is 7.58. The van der Waals surface area contributed by atoms with Crippen LogP contribution in [0.5, 0.6) is 5.75 Å². The van der Waals surface area contributed by atoms with Crippen molar-refractivity contribution in [3.05, 3.63) is 48.5 Å². The smallest absolute Gasteiger partial charge is 0.410 e. The topological polar surface area (TPSA) is 131 Å². The summed E-state index contributed by atoms with van der Waals surface area (Å²) in [5.74, 6) is 0.620. The monoisotopic (exact) mass is 539 g/mol. The van der Waals surface area contributed by atoms with Crippen LogP contribution in [0.2, 0.25) is 0 Å². The molecule has 2 aromatic carbocycles. The van der Waals surface area contributed by atoms with Crippen LogP contribution in [0, 0.1) is 5.92 Å². The van der Waals surface area contributed by atoms with E-state index in [1.54, 1.807) is 29.2 Å². The molecule has 1 aliphatic heterocycles. The Morgan fingerprint density at radius 1 is 0.972 bits per heavy atom. The number of anilines is 1. The summed E-state index contributed by atoms with van der Waals surface area (Å²) in [6.07, 6.45) is 0.881. The molecule has 1 aliphatic rings. The van der Waals surface area contributed by atoms with Gasteiger partial charge in [0.15, 0.2) is 0 Å². The summed E-state index contributed by atoms with van der Waals surface area (Å²) in [6, 6.07) is 11.5. The molecule has 0 saturated carbocycles. The quantitative estimate of drug-likeness (QED) is 0.525. The van der Waals surface area contributed by atoms with Crippen molar-refractivity contribution < 1.29 is 31.1 Å². The zero-order chi connectivity index (χ0) is 26.6. The van der Waals surface area contributed by atoms with Gasteiger partial charge in [0.2, 0.25) is 10.0 Å². The number of hydrogen-bond donors (Lipinski definition) is 2. The molecular formula is C24H33N3O7S2. The molecule has 0 radical (unpaired) electrons. The minimum Gasteiger partial charge on any atom is -0.497 e. The number of piperidine rings is 1. The van der Waals surface area contributed by atoms with Crippen molar-refractivity contribution in [1.29, 1.82) is 0 Å². The van der Waals surface area contributed by atoms with Gasteiger partial charge in [0, 0.05) is 25.3 Å². The number of nitrogens with one attached hydrogen (secondary N) is 2. The van der Waals surface area contributed by atoms with Crippen LogP contribution in [0.3, 0.4) is 0 Å². The van der Waals surface area contributed by atoms with Crippen LogP contribution in [0.4, 0.5) is 10.5 Å². The van der Waals surface area contributed by atoms with E-state index in [4.69, 9.17) is 9.47 Å². The lowest BCUT2D eigenvalue weighted by molar-refractivity contribution is 0.0185. The first-order valence-corrected chi connectivity index (χ1v) is 14.5. The van der Waals surface area contributed by atoms with Crippen molar-refractivity contribution in [1.82, 2.24) is 9.62 Å². The van der Waals surface area contributed by atoms with Crippen LogP contribution in [-0.2, 0) is 24.8 Å². The number of methoxy groups -OCH3 is 1. The van der Waals surface area contributed by atoms with Crippen molar-refractivity contribution in [2.45, 2.75) is 49.0 Å². The number of ether oxygens (including phenoxy) is 2. The van der Waals surface area contributed by atoms with Crippen molar-refractivity contribution in [2.75, 3.05) is 31.5 Å². The first-order chi connectivity index (χ1) is 16.8. The summed E-state index contributed by atoms with van der Waals surface area (Å²) < 4.78 is 66.9. The van der Waals surface area contributed by atoms with E-state index in [-0.39, 0.29) is 28.3 Å². The highest BCUT2D eigenvalue weighted by Gasteiger charge is 2.28. The molecule has 2 aromatic rings. The predicted molar refractivity (Wildman–Crippen MR) is 136 cm³/mol. The van der Waals surface area contributed by atoms with E-state index in [1.807, 2.05) is 20.8 Å². The maximum atomic E-state index is 12.9. The van der Waals surface area contributed by atoms with E-state index < -0.39 is 25.6 Å². The van der Waals surface area contributed by atoms with E-state index in [0.29, 0.717) is 37.4 Å². The number of nitrogens with zero attached hydrogens (tertiary/aromatic N) is 1. The standard InChI is InChI=1S/C24H33N3O7S2/c1-24(2,3)34-23(28)27-14-12-18(13-15-27)17-25-35(29,30)21-6-5-7-22(16-21)36(31,32)26-19-8-10-20(33-4)11-9-19/h5-11,16,18,25-26H,12-15,17H2,1-4H3. The number of sulfonamides is 2. The fraction of sp³-hybridized carbons (Fsp3) is 0.458. The fourth-order valence-corrected chi connectivity index (χ4v) is 5.98. The Kier molecular flexibility index (Phi) is 8.52. The molecule has 1 fully saturated rings. The first kappa shape index (κ1) is 27.8. The van der Waals surface area contributed by atoms with Crippen LogP contribution in [0.25, 0.3) is 0 Å². The van der Waals surface area contributed by atoms with Gasteiger partial charge in [-0.2, -0.15) is 0 Å². The second-order valence-corrected chi connectivity index (χ2v) is 13.0. The van der Waals surface area contributed by atoms with Crippen molar-refractivity contribution in [3.8, 4) is 5.75 Å². The van der Waals surface area contributed by atoms with Gasteiger partial charge in [-0.05, 0) is 82.0 Å². The Balaban J connectivity index is 1.60. The second-order valence-electron chi connectivity index (χ2n) is 9.57. The van der Waals surface area contributed by atoms with Gasteiger partial charge >= 0.3 is 6.09 Å². The number of likely N-dealkylation sites (tertiary alicyclic amines) is 1. The Bertz CT molecular complexity index is 1260. The van der Waals surface area contributed by atoms with Gasteiger partial charge in [0.25, 0.3) is 10.0 Å². The lowest BCUT2D eigenvalue weighted by Crippen LogP contribution is -2.43. The molecule has 3 rings (SSSR count). The lowest BCUT2D eigenvalue weighted by Gasteiger charge is -2.33. The molecule has 12 heteroatoms. The summed E-state index contributed by atoms with van der Waals surface area (Å²) in [5.41, 5.74) is -0.254. The molecule has 10 nitrogen and oxygen atoms in total. The van der Waals surface area contributed by atoms with Crippen molar-refractivity contribution in [3.63, 3.8) is 0 Å². The molecule has 0 spiro atoms. The van der Waals surface area contributed by atoms with E-state index in [2.05, 4.69) is 9.44 Å². The number of carbonyl (C=O) groups is 1. The molecule has 0 bridgehead atoms. The Morgan fingerprint density at radius 2 is 1.56 bits per heavy atom. The van der Waals surface area contributed by atoms with Crippen molar-refractivity contribution >= 4 is 31.8 Å². The third-order valence-electron chi connectivity index (χ3n) is 5.60. The number of amides is 1. The largest absolute Gasteiger partial charge is 0.497 e. The molecule has 0 aromatic heterocycles. The first-order valence-electron chi connectivity index (χ1n) is 11.5. The number of rotatable bonds is 8. The molecule has 0 unspecified atom stereocenters. The lowest BCUT2D eigenvalue weighted by atomic mass is 9.97. The van der Waals surface area contributed by atoms with Crippen molar-refractivity contribution in [2.24, 2.45) is 5.92 Å². The number of carbonyl (C=O) groups excluding carboxylic acids is 1. The minimum atomic E-state index is -4.01. The maximum absolute atomic E-state index is 12.9. The van der Waals surface area contributed by atoms with Gasteiger partial charge in [-0.15, -0.1) is 0 Å². The summed E-state index contributed by atoms with van der Waals surface area (Å²) in [6.45, 7) is 6.56. The van der Waals surface area contributed by atoms with Crippen LogP contribution >= 0.6 is 0 Å². The zero-order valence-corrected chi connectivity index (χ0v) is 22.5. The number of hydrogen-bond acceptors (Lipinski definition) is 7. The molecule has 1 heterocycles. The molecule has 198 valence electrons. The van der Waals surface area contributed by atoms with Gasteiger partial charge in [-0.1, -0.05) is 6.07 Å². The van der Waals surface area contributed by atoms with E-state index in [1.165, 1.54) is 25.3 Å². The van der Waals surface area contributed by atoms with Gasteiger partial charge in [-0.3, -0.25) is 4.72 Å². The normalized spacial score (nSPS) is 15.4. The highest BCUT2D eigenvalue weighted by Crippen LogP contribution is 2.23. The SMILES string of the molecule is COc1ccc(NS(=O)(=O)c2cccc(S(=O)(=O)NCC3CCN(C(=O)OC(C)(C)C)CC3)c2)cc1. The Labute approximate surface area is 213 Å². The minimum absolute atomic E-state index is 0.0436. The zero-order valence-electron chi connectivity index (χ0n) is 20.9. The van der Waals surface area contributed by atoms with E-state index in [0.717, 1.165) is 6.07 Å². The molecule has 36 heavy (non-hydrogen) atoms. The van der Waals surface area contributed by atoms with Gasteiger partial charge in [0.05, 0.1) is 16.9 Å². The molecule has 1 amide bonds. The maximum Gasteiger partial charge on any atom is 0.410 e. The Hall–Kier alpha value is -2.83. The van der Waals surface area contributed by atoms with Gasteiger partial charge in [0.1, 0.15) is 11.4 Å². The van der Waals surface area contributed by atoms with Crippen LogP contribution in [-0.4, -0.2) is 60.2 Å². The highest BCUT2D eigenvalue weighted by atomic mass is 32.2. The van der Waals surface area contributed by atoms with Crippen LogP contribution < -0.4 is 14.2 Å². The average Bonchev–Trinajstić information content (AvgIpc) is 2.82. The van der Waals surface area contributed by atoms with Gasteiger partial charge in [-0.25, -0.2) is 26.4 Å². The van der Waals surface area contributed by atoms with E-state index in [9.17, 15) is 21.6 Å². The third-order valence-corrected chi connectivity index (χ3v) is 8.40. The summed E-state index contributed by atoms with van der Waals surface area (Å²) in [5, 5.41) is 0. The Morgan fingerprint density at radius 3 is 2.11 bits per heavy atom. The van der Waals surface area contributed by atoms with E-state index >= 15 is 0 Å². The molecule has 0 atom stereocenters. The highest BCUT2D eigenvalue weighted by molar-refractivity contribution is 7.93. The number of benzene rings is 2. The summed E-state index contributed by atoms with van der Waals surface area (Å²) in [4.78, 5) is 13.5. The summed E-state index contributed by atoms with van der Waals surface area (Å²) in [7, 11) is -6.45. The molecule has 1 saturated heterocycles. The molecule has 0 aliphatic carbocycles. The summed E-state index contributed by atoms with van der Waals surface area (Å²) >= 11 is 0. The van der Waals surface area contributed by atoms with Crippen LogP contribution in [0.15, 0.2) is 58.3 Å². The molecular weight excluding hydrogens is 506 g/mol. The fourth-order valence-electron chi connectivity index (χ4n) is 3.64. The second kappa shape index (κ2) is 11.1. The van der Waals surface area contributed by atoms with Crippen LogP contribution in [0.1, 0.15) is 33.6 Å². The molecule has 2 N–H and O–H groups in total. The predicted octanol–water partition coefficient (Wildman–Crippen LogP) is 3.42.